The molecule has 57 heavy (non-hydrogen) atoms. The van der Waals surface area contributed by atoms with E-state index in [4.69, 9.17) is 19.7 Å². The van der Waals surface area contributed by atoms with Crippen LogP contribution in [0.15, 0.2) is 194 Å². The maximum Gasteiger partial charge on any atom is 0.238 e. The first-order valence-electron chi connectivity index (χ1n) is 19.3. The number of fused-ring (bicyclic) bond motifs is 12. The molecule has 2 aliphatic rings. The van der Waals surface area contributed by atoms with Gasteiger partial charge in [0.1, 0.15) is 11.5 Å². The summed E-state index contributed by atoms with van der Waals surface area (Å²) in [6.45, 7) is 0. The Kier molecular flexibility index (Phi) is 6.78. The van der Waals surface area contributed by atoms with Gasteiger partial charge in [0.2, 0.25) is 5.95 Å². The minimum atomic E-state index is -0.568. The van der Waals surface area contributed by atoms with Crippen molar-refractivity contribution in [3.8, 4) is 62.5 Å². The molecule has 1 spiro atoms. The number of para-hydroxylation sites is 2. The van der Waals surface area contributed by atoms with Gasteiger partial charge in [-0.05, 0) is 51.6 Å². The van der Waals surface area contributed by atoms with Crippen LogP contribution in [-0.4, -0.2) is 19.5 Å². The maximum atomic E-state index is 6.96. The minimum Gasteiger partial charge on any atom is -0.457 e. The maximum absolute atomic E-state index is 6.96. The Morgan fingerprint density at radius 3 is 1.60 bits per heavy atom. The quantitative estimate of drug-likeness (QED) is 0.181. The van der Waals surface area contributed by atoms with E-state index >= 15 is 0 Å². The average molecular weight is 729 g/mol. The molecule has 5 heteroatoms. The fourth-order valence-electron chi connectivity index (χ4n) is 9.29. The summed E-state index contributed by atoms with van der Waals surface area (Å²) >= 11 is 0. The first-order valence-corrected chi connectivity index (χ1v) is 19.3. The molecule has 12 rings (SSSR count). The van der Waals surface area contributed by atoms with Crippen LogP contribution in [0.4, 0.5) is 0 Å². The van der Waals surface area contributed by atoms with E-state index < -0.39 is 5.41 Å². The summed E-state index contributed by atoms with van der Waals surface area (Å²) in [4.78, 5) is 15.5. The van der Waals surface area contributed by atoms with Crippen LogP contribution in [0.5, 0.6) is 11.5 Å². The van der Waals surface area contributed by atoms with Gasteiger partial charge in [0.15, 0.2) is 11.6 Å². The Balaban J connectivity index is 1.12. The molecule has 10 aromatic rings. The van der Waals surface area contributed by atoms with Gasteiger partial charge in [-0.3, -0.25) is 4.57 Å². The van der Waals surface area contributed by atoms with E-state index in [1.165, 1.54) is 22.3 Å². The summed E-state index contributed by atoms with van der Waals surface area (Å²) < 4.78 is 9.13. The zero-order chi connectivity index (χ0) is 37.5. The van der Waals surface area contributed by atoms with Gasteiger partial charge in [0.05, 0.1) is 16.4 Å². The van der Waals surface area contributed by atoms with Crippen molar-refractivity contribution in [2.75, 3.05) is 0 Å². The topological polar surface area (TPSA) is 52.8 Å². The number of ether oxygens (including phenoxy) is 1. The van der Waals surface area contributed by atoms with Gasteiger partial charge in [-0.1, -0.05) is 170 Å². The number of benzene rings is 8. The number of aromatic nitrogens is 4. The zero-order valence-corrected chi connectivity index (χ0v) is 30.7. The predicted octanol–water partition coefficient (Wildman–Crippen LogP) is 12.4. The molecule has 0 radical (unpaired) electrons. The van der Waals surface area contributed by atoms with Crippen molar-refractivity contribution in [1.82, 2.24) is 19.5 Å². The smallest absolute Gasteiger partial charge is 0.238 e. The van der Waals surface area contributed by atoms with Gasteiger partial charge in [-0.25, -0.2) is 4.98 Å². The van der Waals surface area contributed by atoms with Crippen LogP contribution in [0.25, 0.3) is 72.8 Å². The molecule has 0 fully saturated rings. The van der Waals surface area contributed by atoms with Crippen LogP contribution in [0.2, 0.25) is 0 Å². The van der Waals surface area contributed by atoms with Crippen LogP contribution >= 0.6 is 0 Å². The van der Waals surface area contributed by atoms with Crippen molar-refractivity contribution in [1.29, 1.82) is 0 Å². The van der Waals surface area contributed by atoms with E-state index in [2.05, 4.69) is 162 Å². The third kappa shape index (κ3) is 4.60. The summed E-state index contributed by atoms with van der Waals surface area (Å²) in [5.74, 6) is 3.41. The first-order chi connectivity index (χ1) is 28.3. The van der Waals surface area contributed by atoms with E-state index in [0.29, 0.717) is 17.6 Å². The third-order valence-electron chi connectivity index (χ3n) is 11.7. The van der Waals surface area contributed by atoms with E-state index in [0.717, 1.165) is 66.7 Å². The monoisotopic (exact) mass is 728 g/mol. The summed E-state index contributed by atoms with van der Waals surface area (Å²) in [6, 6.07) is 68.3. The predicted molar refractivity (Wildman–Crippen MR) is 228 cm³/mol. The molecule has 0 unspecified atom stereocenters. The van der Waals surface area contributed by atoms with Gasteiger partial charge in [-0.15, -0.1) is 0 Å². The summed E-state index contributed by atoms with van der Waals surface area (Å²) in [5, 5.41) is 2.21. The van der Waals surface area contributed by atoms with Crippen LogP contribution in [0, 0.1) is 0 Å². The Morgan fingerprint density at radius 2 is 0.895 bits per heavy atom. The van der Waals surface area contributed by atoms with E-state index in [-0.39, 0.29) is 0 Å². The SMILES string of the molecule is c1ccc(-c2ccc(-c3nc(-c4ccccc4)nc(-n4c5ccccc5c5cc6c(cc54)Oc4ccccc4C64c5ccccc5-c5ccccc54)n3)cc2)cc1. The normalized spacial score (nSPS) is 13.2. The van der Waals surface area contributed by atoms with Crippen LogP contribution in [0.1, 0.15) is 22.3 Å². The molecule has 8 aromatic carbocycles. The zero-order valence-electron chi connectivity index (χ0n) is 30.7. The van der Waals surface area contributed by atoms with Crippen molar-refractivity contribution in [2.24, 2.45) is 0 Å². The Morgan fingerprint density at radius 1 is 0.368 bits per heavy atom. The fourth-order valence-corrected chi connectivity index (χ4v) is 9.29. The molecule has 0 amide bonds. The molecular formula is C52H32N4O. The molecular weight excluding hydrogens is 697 g/mol. The lowest BCUT2D eigenvalue weighted by Crippen LogP contribution is -2.32. The molecule has 0 N–H and O–H groups in total. The lowest BCUT2D eigenvalue weighted by molar-refractivity contribution is 0.437. The highest BCUT2D eigenvalue weighted by atomic mass is 16.5. The Labute approximate surface area is 329 Å². The third-order valence-corrected chi connectivity index (χ3v) is 11.7. The highest BCUT2D eigenvalue weighted by molar-refractivity contribution is 6.10. The highest BCUT2D eigenvalue weighted by Gasteiger charge is 2.51. The van der Waals surface area contributed by atoms with Crippen molar-refractivity contribution >= 4 is 21.8 Å². The number of hydrogen-bond acceptors (Lipinski definition) is 4. The van der Waals surface area contributed by atoms with Crippen molar-refractivity contribution in [2.45, 2.75) is 5.41 Å². The van der Waals surface area contributed by atoms with E-state index in [9.17, 15) is 0 Å². The molecule has 1 aliphatic carbocycles. The number of rotatable bonds is 4. The van der Waals surface area contributed by atoms with E-state index in [1.54, 1.807) is 0 Å². The molecule has 0 saturated carbocycles. The van der Waals surface area contributed by atoms with E-state index in [1.807, 2.05) is 36.4 Å². The highest BCUT2D eigenvalue weighted by Crippen LogP contribution is 2.62. The molecule has 266 valence electrons. The van der Waals surface area contributed by atoms with Crippen molar-refractivity contribution < 1.29 is 4.74 Å². The average Bonchev–Trinajstić information content (AvgIpc) is 3.76. The fraction of sp³-hybridized carbons (Fsp3) is 0.0192. The minimum absolute atomic E-state index is 0.541. The lowest BCUT2D eigenvalue weighted by atomic mass is 9.66. The standard InChI is InChI=1S/C52H32N4O/c1-3-15-33(16-4-1)34-27-29-36(30-28-34)50-53-49(35-17-5-2-6-18-35)54-51(55-50)56-45-25-13-9-21-39(45)40-31-44-48(32-46(40)56)57-47-26-14-12-24-43(47)52(44)41-22-10-7-19-37(41)38-20-8-11-23-42(38)52/h1-32H. The second-order valence-electron chi connectivity index (χ2n) is 14.7. The van der Waals surface area contributed by atoms with Gasteiger partial charge in [0.25, 0.3) is 0 Å². The molecule has 0 bridgehead atoms. The van der Waals surface area contributed by atoms with Gasteiger partial charge in [-0.2, -0.15) is 9.97 Å². The molecule has 1 aliphatic heterocycles. The van der Waals surface area contributed by atoms with Gasteiger partial charge >= 0.3 is 0 Å². The van der Waals surface area contributed by atoms with Crippen LogP contribution < -0.4 is 4.74 Å². The van der Waals surface area contributed by atoms with Gasteiger partial charge < -0.3 is 4.74 Å². The second kappa shape index (κ2) is 12.2. The molecule has 0 saturated heterocycles. The van der Waals surface area contributed by atoms with Crippen LogP contribution in [0.3, 0.4) is 0 Å². The summed E-state index contributed by atoms with van der Waals surface area (Å²) in [5.41, 5.74) is 12.8. The molecule has 5 nitrogen and oxygen atoms in total. The Bertz CT molecular complexity index is 3160. The summed E-state index contributed by atoms with van der Waals surface area (Å²) in [6.07, 6.45) is 0. The molecule has 3 heterocycles. The first kappa shape index (κ1) is 31.7. The van der Waals surface area contributed by atoms with Crippen molar-refractivity contribution in [3.63, 3.8) is 0 Å². The number of hydrogen-bond donors (Lipinski definition) is 0. The second-order valence-corrected chi connectivity index (χ2v) is 14.7. The number of nitrogens with zero attached hydrogens (tertiary/aromatic N) is 4. The lowest BCUT2D eigenvalue weighted by Gasteiger charge is -2.39. The molecule has 2 aromatic heterocycles. The Hall–Kier alpha value is -7.63. The molecule has 0 atom stereocenters. The summed E-state index contributed by atoms with van der Waals surface area (Å²) in [7, 11) is 0. The van der Waals surface area contributed by atoms with Gasteiger partial charge in [0, 0.05) is 39.1 Å². The van der Waals surface area contributed by atoms with Crippen LogP contribution in [-0.2, 0) is 5.41 Å². The van der Waals surface area contributed by atoms with Crippen molar-refractivity contribution in [3.05, 3.63) is 216 Å². The largest absolute Gasteiger partial charge is 0.457 e.